The number of amides is 1. The Bertz CT molecular complexity index is 2690. The molecular formula is C46H49F2N7O5. The van der Waals surface area contributed by atoms with Crippen LogP contribution < -0.4 is 11.2 Å². The van der Waals surface area contributed by atoms with Gasteiger partial charge in [0.25, 0.3) is 5.56 Å². The molecule has 1 aliphatic heterocycles. The molecule has 60 heavy (non-hydrogen) atoms. The second-order valence-electron chi connectivity index (χ2n) is 17.2. The van der Waals surface area contributed by atoms with Crippen LogP contribution in [-0.2, 0) is 11.3 Å². The first-order chi connectivity index (χ1) is 28.7. The first-order valence-electron chi connectivity index (χ1n) is 20.6. The first-order valence-corrected chi connectivity index (χ1v) is 20.6. The van der Waals surface area contributed by atoms with Crippen molar-refractivity contribution >= 4 is 28.6 Å². The Morgan fingerprint density at radius 2 is 1.60 bits per heavy atom. The molecule has 0 unspecified atom stereocenters. The molecule has 1 saturated carbocycles. The molecule has 12 nitrogen and oxygen atoms in total. The number of pyridine rings is 2. The Hall–Kier alpha value is -6.02. The summed E-state index contributed by atoms with van der Waals surface area (Å²) in [7, 11) is 1.81. The van der Waals surface area contributed by atoms with Crippen LogP contribution in [0.1, 0.15) is 87.8 Å². The van der Waals surface area contributed by atoms with Crippen molar-refractivity contribution < 1.29 is 23.1 Å². The van der Waals surface area contributed by atoms with Crippen molar-refractivity contribution in [3.8, 4) is 16.8 Å². The van der Waals surface area contributed by atoms with Crippen molar-refractivity contribution in [2.24, 2.45) is 5.92 Å². The van der Waals surface area contributed by atoms with Gasteiger partial charge in [-0.15, -0.1) is 0 Å². The van der Waals surface area contributed by atoms with Gasteiger partial charge in [0.2, 0.25) is 0 Å². The molecule has 1 aliphatic carbocycles. The number of nitrogens with zero attached hydrogens (tertiary/aromatic N) is 7. The maximum absolute atomic E-state index is 14.6. The quantitative estimate of drug-likeness (QED) is 0.135. The van der Waals surface area contributed by atoms with Gasteiger partial charge < -0.3 is 14.0 Å². The van der Waals surface area contributed by atoms with E-state index in [0.29, 0.717) is 37.0 Å². The summed E-state index contributed by atoms with van der Waals surface area (Å²) in [5, 5.41) is 0.00506. The number of likely N-dealkylation sites (tertiary alicyclic amines) is 1. The van der Waals surface area contributed by atoms with Crippen LogP contribution in [0.4, 0.5) is 13.6 Å². The Labute approximate surface area is 346 Å². The number of aromatic nitrogens is 5. The third kappa shape index (κ3) is 8.65. The average molecular weight is 818 g/mol. The molecule has 0 radical (unpaired) electrons. The zero-order chi connectivity index (χ0) is 42.3. The van der Waals surface area contributed by atoms with Crippen LogP contribution in [0.15, 0.2) is 94.9 Å². The van der Waals surface area contributed by atoms with Crippen molar-refractivity contribution in [1.29, 1.82) is 0 Å². The van der Waals surface area contributed by atoms with Crippen LogP contribution >= 0.6 is 0 Å². The van der Waals surface area contributed by atoms with Gasteiger partial charge in [-0.25, -0.2) is 32.9 Å². The third-order valence-electron chi connectivity index (χ3n) is 11.8. The van der Waals surface area contributed by atoms with E-state index in [2.05, 4.69) is 27.0 Å². The number of rotatable bonds is 9. The lowest BCUT2D eigenvalue weighted by atomic mass is 9.82. The lowest BCUT2D eigenvalue weighted by molar-refractivity contribution is 0.0149. The molecular weight excluding hydrogens is 769 g/mol. The molecule has 1 saturated heterocycles. The summed E-state index contributed by atoms with van der Waals surface area (Å²) in [5.74, 6) is -1.24. The number of ether oxygens (including phenoxy) is 1. The number of halogens is 2. The molecule has 2 aliphatic rings. The Morgan fingerprint density at radius 1 is 0.867 bits per heavy atom. The van der Waals surface area contributed by atoms with Gasteiger partial charge in [0.1, 0.15) is 28.6 Å². The Morgan fingerprint density at radius 3 is 2.32 bits per heavy atom. The van der Waals surface area contributed by atoms with E-state index in [4.69, 9.17) is 4.74 Å². The highest BCUT2D eigenvalue weighted by Gasteiger charge is 2.30. The van der Waals surface area contributed by atoms with Crippen molar-refractivity contribution in [3.63, 3.8) is 0 Å². The Balaban J connectivity index is 0.970. The molecule has 2 aromatic carbocycles. The lowest BCUT2D eigenvalue weighted by Crippen LogP contribution is -2.46. The average Bonchev–Trinajstić information content (AvgIpc) is 3.65. The molecule has 5 heterocycles. The number of ketones is 1. The summed E-state index contributed by atoms with van der Waals surface area (Å²) in [4.78, 5) is 66.9. The zero-order valence-electron chi connectivity index (χ0n) is 34.3. The molecule has 6 aromatic rings. The van der Waals surface area contributed by atoms with Crippen molar-refractivity contribution in [2.75, 3.05) is 20.1 Å². The van der Waals surface area contributed by atoms with Crippen LogP contribution in [0.25, 0.3) is 33.5 Å². The molecule has 0 N–H and O–H groups in total. The minimum Gasteiger partial charge on any atom is -0.444 e. The number of carbonyl (C=O) groups is 2. The highest BCUT2D eigenvalue weighted by Crippen LogP contribution is 2.34. The number of fused-ring (bicyclic) bond motifs is 2. The fraction of sp³-hybridized carbons (Fsp3) is 0.391. The summed E-state index contributed by atoms with van der Waals surface area (Å²) < 4.78 is 38.0. The molecule has 0 atom stereocenters. The number of imidazole rings is 1. The standard InChI is InChI=1S/C46H49F2N7O5/c1-46(2,3)60-45(59)51(4)35-18-20-52(21-19-35)26-30-8-12-31(13-9-30)32-6-5-7-37(23-32)54-42-38(24-34(48)25-49-42)43(57)55(44(54)58)36-15-10-29(11-16-36)22-40(56)39-28-53-27-33(47)14-17-41(53)50-39/h5-9,12-14,17,23-25,27-29,35-36H,10-11,15-16,18-22,26H2,1-4H3. The lowest BCUT2D eigenvalue weighted by Gasteiger charge is -2.37. The van der Waals surface area contributed by atoms with Crippen molar-refractivity contribution in [1.82, 2.24) is 33.3 Å². The van der Waals surface area contributed by atoms with E-state index in [-0.39, 0.29) is 47.0 Å². The molecule has 0 spiro atoms. The van der Waals surface area contributed by atoms with E-state index in [1.54, 1.807) is 11.0 Å². The van der Waals surface area contributed by atoms with Gasteiger partial charge in [-0.05, 0) is 112 Å². The number of benzene rings is 2. The predicted octanol–water partition coefficient (Wildman–Crippen LogP) is 7.98. The van der Waals surface area contributed by atoms with E-state index in [1.165, 1.54) is 38.1 Å². The number of carbonyl (C=O) groups excluding carboxylic acids is 2. The molecule has 2 fully saturated rings. The molecule has 312 valence electrons. The van der Waals surface area contributed by atoms with Crippen LogP contribution in [-0.4, -0.2) is 77.0 Å². The van der Waals surface area contributed by atoms with Crippen LogP contribution in [0, 0.1) is 17.6 Å². The van der Waals surface area contributed by atoms with Gasteiger partial charge in [-0.2, -0.15) is 0 Å². The highest BCUT2D eigenvalue weighted by molar-refractivity contribution is 5.95. The van der Waals surface area contributed by atoms with Crippen LogP contribution in [0.3, 0.4) is 0 Å². The second-order valence-corrected chi connectivity index (χ2v) is 17.2. The SMILES string of the molecule is CN(C(=O)OC(C)(C)C)C1CCN(Cc2ccc(-c3cccc(-n4c(=O)n(C5CCC(CC(=O)c6cn7cc(F)ccc7n6)CC5)c(=O)c5cc(F)cnc54)c3)cc2)CC1. The summed E-state index contributed by atoms with van der Waals surface area (Å²) >= 11 is 0. The monoisotopic (exact) mass is 817 g/mol. The minimum atomic E-state index is -0.681. The third-order valence-corrected chi connectivity index (χ3v) is 11.8. The molecule has 4 aromatic heterocycles. The van der Waals surface area contributed by atoms with E-state index in [1.807, 2.05) is 58.2 Å². The van der Waals surface area contributed by atoms with Crippen LogP contribution in [0.5, 0.6) is 0 Å². The smallest absolute Gasteiger partial charge is 0.410 e. The highest BCUT2D eigenvalue weighted by atomic mass is 19.1. The normalized spacial score (nSPS) is 17.9. The predicted molar refractivity (Wildman–Crippen MR) is 224 cm³/mol. The molecule has 1 amide bonds. The topological polar surface area (TPSA) is 124 Å². The minimum absolute atomic E-state index is 0.00506. The van der Waals surface area contributed by atoms with Crippen LogP contribution in [0.2, 0.25) is 0 Å². The number of piperidine rings is 1. The maximum Gasteiger partial charge on any atom is 0.410 e. The van der Waals surface area contributed by atoms with E-state index >= 15 is 0 Å². The fourth-order valence-electron chi connectivity index (χ4n) is 8.64. The summed E-state index contributed by atoms with van der Waals surface area (Å²) in [6, 6.07) is 19.3. The van der Waals surface area contributed by atoms with Gasteiger partial charge in [-0.1, -0.05) is 36.4 Å². The van der Waals surface area contributed by atoms with Crippen molar-refractivity contribution in [2.45, 2.75) is 89.9 Å². The number of hydrogen-bond donors (Lipinski definition) is 0. The Kier molecular flexibility index (Phi) is 11.2. The first kappa shape index (κ1) is 40.7. The maximum atomic E-state index is 14.6. The van der Waals surface area contributed by atoms with E-state index in [9.17, 15) is 28.0 Å². The van der Waals surface area contributed by atoms with E-state index in [0.717, 1.165) is 61.4 Å². The summed E-state index contributed by atoms with van der Waals surface area (Å²) in [6.45, 7) is 8.11. The largest absolute Gasteiger partial charge is 0.444 e. The number of Topliss-reactive ketones (excluding diaryl/α,β-unsaturated/α-hetero) is 1. The van der Waals surface area contributed by atoms with Gasteiger partial charge in [0.15, 0.2) is 11.4 Å². The molecule has 0 bridgehead atoms. The summed E-state index contributed by atoms with van der Waals surface area (Å²) in [6.07, 6.45) is 7.64. The number of hydrogen-bond acceptors (Lipinski definition) is 8. The summed E-state index contributed by atoms with van der Waals surface area (Å²) in [5.41, 5.74) is 2.56. The molecule has 14 heteroatoms. The molecule has 8 rings (SSSR count). The second kappa shape index (κ2) is 16.6. The van der Waals surface area contributed by atoms with Crippen molar-refractivity contribution in [3.05, 3.63) is 129 Å². The van der Waals surface area contributed by atoms with Gasteiger partial charge in [0.05, 0.1) is 17.3 Å². The zero-order valence-corrected chi connectivity index (χ0v) is 34.3. The fourth-order valence-corrected chi connectivity index (χ4v) is 8.64. The van der Waals surface area contributed by atoms with Gasteiger partial charge in [-0.3, -0.25) is 19.1 Å². The van der Waals surface area contributed by atoms with E-state index < -0.39 is 34.5 Å². The van der Waals surface area contributed by atoms with Gasteiger partial charge in [0, 0.05) is 57.6 Å². The van der Waals surface area contributed by atoms with Gasteiger partial charge >= 0.3 is 11.8 Å².